The first-order chi connectivity index (χ1) is 10.8. The standard InChI is InChI=1S/C16H25N3O3S/c1-11(2)19-23(21,22)14-6-4-5-13(9-14)16(20)18-15-7-8-17-10-12(15)3/h4-6,9,11-12,15,17,19H,7-8,10H2,1-3H3,(H,18,20). The zero-order valence-corrected chi connectivity index (χ0v) is 14.6. The number of piperidine rings is 1. The van der Waals surface area contributed by atoms with Gasteiger partial charge in [-0.2, -0.15) is 0 Å². The highest BCUT2D eigenvalue weighted by Crippen LogP contribution is 2.14. The minimum absolute atomic E-state index is 0.109. The van der Waals surface area contributed by atoms with Crippen molar-refractivity contribution >= 4 is 15.9 Å². The summed E-state index contributed by atoms with van der Waals surface area (Å²) in [5.74, 6) is 0.118. The third-order valence-corrected chi connectivity index (χ3v) is 5.56. The summed E-state index contributed by atoms with van der Waals surface area (Å²) in [7, 11) is -3.60. The summed E-state index contributed by atoms with van der Waals surface area (Å²) in [4.78, 5) is 12.5. The molecule has 6 nitrogen and oxygen atoms in total. The molecule has 0 saturated carbocycles. The van der Waals surface area contributed by atoms with Crippen LogP contribution in [-0.4, -0.2) is 39.5 Å². The first-order valence-corrected chi connectivity index (χ1v) is 9.42. The lowest BCUT2D eigenvalue weighted by Gasteiger charge is -2.30. The molecule has 2 atom stereocenters. The van der Waals surface area contributed by atoms with E-state index >= 15 is 0 Å². The minimum atomic E-state index is -3.60. The molecule has 1 heterocycles. The highest BCUT2D eigenvalue weighted by Gasteiger charge is 2.24. The SMILES string of the molecule is CC(C)NS(=O)(=O)c1cccc(C(=O)NC2CCNCC2C)c1. The number of hydrogen-bond donors (Lipinski definition) is 3. The van der Waals surface area contributed by atoms with Crippen LogP contribution in [0.3, 0.4) is 0 Å². The van der Waals surface area contributed by atoms with E-state index in [9.17, 15) is 13.2 Å². The summed E-state index contributed by atoms with van der Waals surface area (Å²) in [6, 6.07) is 6.05. The molecule has 2 rings (SSSR count). The van der Waals surface area contributed by atoms with Crippen molar-refractivity contribution in [1.82, 2.24) is 15.4 Å². The van der Waals surface area contributed by atoms with E-state index in [1.165, 1.54) is 12.1 Å². The molecule has 1 fully saturated rings. The molecular weight excluding hydrogens is 314 g/mol. The molecule has 0 aliphatic carbocycles. The largest absolute Gasteiger partial charge is 0.349 e. The third kappa shape index (κ3) is 4.76. The van der Waals surface area contributed by atoms with Gasteiger partial charge in [-0.1, -0.05) is 13.0 Å². The quantitative estimate of drug-likeness (QED) is 0.750. The Morgan fingerprint density at radius 3 is 2.74 bits per heavy atom. The van der Waals surface area contributed by atoms with Crippen molar-refractivity contribution in [3.63, 3.8) is 0 Å². The van der Waals surface area contributed by atoms with Crippen LogP contribution in [-0.2, 0) is 10.0 Å². The van der Waals surface area contributed by atoms with E-state index in [-0.39, 0.29) is 22.9 Å². The Labute approximate surface area is 138 Å². The van der Waals surface area contributed by atoms with Gasteiger partial charge in [0, 0.05) is 17.6 Å². The summed E-state index contributed by atoms with van der Waals surface area (Å²) in [5, 5.41) is 6.30. The smallest absolute Gasteiger partial charge is 0.251 e. The van der Waals surface area contributed by atoms with Crippen LogP contribution in [0.5, 0.6) is 0 Å². The van der Waals surface area contributed by atoms with E-state index in [1.807, 2.05) is 0 Å². The van der Waals surface area contributed by atoms with Gasteiger partial charge in [0.1, 0.15) is 0 Å². The maximum absolute atomic E-state index is 12.4. The Bertz CT molecular complexity index is 658. The normalized spacial score (nSPS) is 22.1. The van der Waals surface area contributed by atoms with Gasteiger partial charge in [0.15, 0.2) is 0 Å². The number of carbonyl (C=O) groups is 1. The molecule has 2 unspecified atom stereocenters. The van der Waals surface area contributed by atoms with Crippen LogP contribution in [0.15, 0.2) is 29.2 Å². The molecule has 7 heteroatoms. The molecule has 0 bridgehead atoms. The van der Waals surface area contributed by atoms with Crippen molar-refractivity contribution in [3.05, 3.63) is 29.8 Å². The van der Waals surface area contributed by atoms with Gasteiger partial charge in [-0.25, -0.2) is 13.1 Å². The number of sulfonamides is 1. The van der Waals surface area contributed by atoms with Gasteiger partial charge in [-0.05, 0) is 57.5 Å². The number of rotatable bonds is 5. The minimum Gasteiger partial charge on any atom is -0.349 e. The second-order valence-electron chi connectivity index (χ2n) is 6.35. The van der Waals surface area contributed by atoms with E-state index in [0.29, 0.717) is 11.5 Å². The molecule has 1 aliphatic rings. The number of hydrogen-bond acceptors (Lipinski definition) is 4. The van der Waals surface area contributed by atoms with E-state index in [2.05, 4.69) is 22.3 Å². The Kier molecular flexibility index (Phi) is 5.78. The molecule has 1 aromatic carbocycles. The average molecular weight is 339 g/mol. The zero-order valence-electron chi connectivity index (χ0n) is 13.8. The molecule has 0 spiro atoms. The molecule has 1 aromatic rings. The van der Waals surface area contributed by atoms with Crippen molar-refractivity contribution < 1.29 is 13.2 Å². The fraction of sp³-hybridized carbons (Fsp3) is 0.562. The van der Waals surface area contributed by atoms with Crippen LogP contribution >= 0.6 is 0 Å². The van der Waals surface area contributed by atoms with Gasteiger partial charge in [-0.15, -0.1) is 0 Å². The summed E-state index contributed by atoms with van der Waals surface area (Å²) in [6.45, 7) is 7.35. The van der Waals surface area contributed by atoms with Crippen molar-refractivity contribution in [2.75, 3.05) is 13.1 Å². The van der Waals surface area contributed by atoms with Gasteiger partial charge >= 0.3 is 0 Å². The summed E-state index contributed by atoms with van der Waals surface area (Å²) < 4.78 is 26.9. The molecule has 1 saturated heterocycles. The molecule has 1 aliphatic heterocycles. The second-order valence-corrected chi connectivity index (χ2v) is 8.07. The predicted molar refractivity (Wildman–Crippen MR) is 89.8 cm³/mol. The van der Waals surface area contributed by atoms with Crippen LogP contribution < -0.4 is 15.4 Å². The van der Waals surface area contributed by atoms with Gasteiger partial charge in [0.2, 0.25) is 10.0 Å². The number of carbonyl (C=O) groups excluding carboxylic acids is 1. The fourth-order valence-corrected chi connectivity index (χ4v) is 3.96. The van der Waals surface area contributed by atoms with Crippen LogP contribution in [0, 0.1) is 5.92 Å². The fourth-order valence-electron chi connectivity index (χ4n) is 2.66. The van der Waals surface area contributed by atoms with E-state index in [4.69, 9.17) is 0 Å². The Morgan fingerprint density at radius 2 is 2.09 bits per heavy atom. The molecule has 1 amide bonds. The van der Waals surface area contributed by atoms with Crippen molar-refractivity contribution in [2.24, 2.45) is 5.92 Å². The van der Waals surface area contributed by atoms with Crippen LogP contribution in [0.2, 0.25) is 0 Å². The molecule has 128 valence electrons. The predicted octanol–water partition coefficient (Wildman–Crippen LogP) is 1.10. The van der Waals surface area contributed by atoms with Crippen LogP contribution in [0.4, 0.5) is 0 Å². The van der Waals surface area contributed by atoms with Crippen molar-refractivity contribution in [1.29, 1.82) is 0 Å². The molecule has 0 aromatic heterocycles. The highest BCUT2D eigenvalue weighted by molar-refractivity contribution is 7.89. The maximum atomic E-state index is 12.4. The average Bonchev–Trinajstić information content (AvgIpc) is 2.48. The lowest BCUT2D eigenvalue weighted by atomic mass is 9.95. The lowest BCUT2D eigenvalue weighted by Crippen LogP contribution is -2.48. The third-order valence-electron chi connectivity index (χ3n) is 3.90. The molecule has 23 heavy (non-hydrogen) atoms. The molecular formula is C16H25N3O3S. The first kappa shape index (κ1) is 17.9. The van der Waals surface area contributed by atoms with Crippen LogP contribution in [0.1, 0.15) is 37.6 Å². The van der Waals surface area contributed by atoms with Crippen LogP contribution in [0.25, 0.3) is 0 Å². The summed E-state index contributed by atoms with van der Waals surface area (Å²) >= 11 is 0. The Balaban J connectivity index is 2.14. The van der Waals surface area contributed by atoms with Gasteiger partial charge in [-0.3, -0.25) is 4.79 Å². The van der Waals surface area contributed by atoms with Crippen molar-refractivity contribution in [3.8, 4) is 0 Å². The maximum Gasteiger partial charge on any atom is 0.251 e. The monoisotopic (exact) mass is 339 g/mol. The lowest BCUT2D eigenvalue weighted by molar-refractivity contribution is 0.0914. The topological polar surface area (TPSA) is 87.3 Å². The molecule has 3 N–H and O–H groups in total. The number of nitrogens with one attached hydrogen (secondary N) is 3. The number of benzene rings is 1. The first-order valence-electron chi connectivity index (χ1n) is 7.93. The molecule has 0 radical (unpaired) electrons. The van der Waals surface area contributed by atoms with E-state index in [0.717, 1.165) is 19.5 Å². The summed E-state index contributed by atoms with van der Waals surface area (Å²) in [6.07, 6.45) is 0.875. The highest BCUT2D eigenvalue weighted by atomic mass is 32.2. The van der Waals surface area contributed by atoms with E-state index < -0.39 is 10.0 Å². The Morgan fingerprint density at radius 1 is 1.35 bits per heavy atom. The van der Waals surface area contributed by atoms with E-state index in [1.54, 1.807) is 26.0 Å². The van der Waals surface area contributed by atoms with Gasteiger partial charge in [0.05, 0.1) is 4.90 Å². The summed E-state index contributed by atoms with van der Waals surface area (Å²) in [5.41, 5.74) is 0.363. The van der Waals surface area contributed by atoms with Gasteiger partial charge in [0.25, 0.3) is 5.91 Å². The second kappa shape index (κ2) is 7.42. The zero-order chi connectivity index (χ0) is 17.0. The Hall–Kier alpha value is -1.44. The van der Waals surface area contributed by atoms with Crippen molar-refractivity contribution in [2.45, 2.75) is 44.2 Å². The van der Waals surface area contributed by atoms with Gasteiger partial charge < -0.3 is 10.6 Å². The number of amides is 1.